The number of amides is 1. The lowest BCUT2D eigenvalue weighted by atomic mass is 10.1. The van der Waals surface area contributed by atoms with E-state index in [1.165, 1.54) is 23.5 Å². The molecule has 0 spiro atoms. The average Bonchev–Trinajstić information content (AvgIpc) is 2.99. The van der Waals surface area contributed by atoms with Gasteiger partial charge in [0.25, 0.3) is 0 Å². The summed E-state index contributed by atoms with van der Waals surface area (Å²) in [5.74, 6) is -0.0977. The van der Waals surface area contributed by atoms with Crippen LogP contribution in [0.5, 0.6) is 0 Å². The molecular weight excluding hydrogens is 363 g/mol. The van der Waals surface area contributed by atoms with Gasteiger partial charge in [-0.05, 0) is 25.1 Å². The van der Waals surface area contributed by atoms with E-state index in [9.17, 15) is 18.0 Å². The van der Waals surface area contributed by atoms with Gasteiger partial charge >= 0.3 is 6.18 Å². The monoisotopic (exact) mass is 379 g/mol. The third-order valence-corrected chi connectivity index (χ3v) is 4.03. The van der Waals surface area contributed by atoms with Crippen molar-refractivity contribution < 1.29 is 18.0 Å². The summed E-state index contributed by atoms with van der Waals surface area (Å²) in [5.41, 5.74) is 5.93. The van der Waals surface area contributed by atoms with Crippen molar-refractivity contribution in [3.8, 4) is 10.6 Å². The van der Waals surface area contributed by atoms with Crippen molar-refractivity contribution in [1.82, 2.24) is 10.3 Å². The first kappa shape index (κ1) is 20.4. The first-order valence-corrected chi connectivity index (χ1v) is 7.87. The second kappa shape index (κ2) is 9.00. The number of hydrogen-bond donors (Lipinski definition) is 2. The van der Waals surface area contributed by atoms with Gasteiger partial charge in [0.05, 0.1) is 17.8 Å². The zero-order valence-corrected chi connectivity index (χ0v) is 14.2. The molecule has 1 amide bonds. The first-order valence-electron chi connectivity index (χ1n) is 6.99. The summed E-state index contributed by atoms with van der Waals surface area (Å²) in [5, 5.41) is 5.12. The van der Waals surface area contributed by atoms with Crippen molar-refractivity contribution in [2.45, 2.75) is 25.6 Å². The zero-order chi connectivity index (χ0) is 16.9. The van der Waals surface area contributed by atoms with Crippen molar-refractivity contribution >= 4 is 29.7 Å². The van der Waals surface area contributed by atoms with Crippen LogP contribution in [0.1, 0.15) is 24.1 Å². The first-order chi connectivity index (χ1) is 10.9. The molecule has 0 aliphatic carbocycles. The molecule has 0 unspecified atom stereocenters. The summed E-state index contributed by atoms with van der Waals surface area (Å²) in [7, 11) is 0. The number of carbonyl (C=O) groups is 1. The fourth-order valence-electron chi connectivity index (χ4n) is 1.86. The molecule has 2 rings (SSSR count). The number of benzene rings is 1. The summed E-state index contributed by atoms with van der Waals surface area (Å²) in [6.45, 7) is 0.753. The molecule has 4 nitrogen and oxygen atoms in total. The Bertz CT molecular complexity index is 659. The maximum Gasteiger partial charge on any atom is 0.416 e. The van der Waals surface area contributed by atoms with Crippen LogP contribution >= 0.6 is 23.7 Å². The highest BCUT2D eigenvalue weighted by Gasteiger charge is 2.30. The molecule has 0 radical (unpaired) electrons. The van der Waals surface area contributed by atoms with E-state index < -0.39 is 11.7 Å². The van der Waals surface area contributed by atoms with E-state index in [1.807, 2.05) is 0 Å². The summed E-state index contributed by atoms with van der Waals surface area (Å²) in [4.78, 5) is 15.8. The minimum atomic E-state index is -4.35. The van der Waals surface area contributed by atoms with Crippen molar-refractivity contribution in [3.05, 3.63) is 40.9 Å². The van der Waals surface area contributed by atoms with Crippen LogP contribution < -0.4 is 11.1 Å². The Morgan fingerprint density at radius 1 is 1.25 bits per heavy atom. The number of halogens is 4. The Labute approximate surface area is 147 Å². The molecule has 0 aliphatic rings. The minimum Gasteiger partial charge on any atom is -0.350 e. The Balaban J connectivity index is 0.00000288. The smallest absolute Gasteiger partial charge is 0.350 e. The summed E-state index contributed by atoms with van der Waals surface area (Å²) in [6.07, 6.45) is -3.35. The number of aromatic nitrogens is 1. The molecule has 9 heteroatoms. The van der Waals surface area contributed by atoms with Gasteiger partial charge in [-0.1, -0.05) is 12.1 Å². The maximum atomic E-state index is 12.5. The lowest BCUT2D eigenvalue weighted by Crippen LogP contribution is -2.23. The number of nitrogens with two attached hydrogens (primary N) is 1. The van der Waals surface area contributed by atoms with Crippen LogP contribution in [0.3, 0.4) is 0 Å². The fourth-order valence-corrected chi connectivity index (χ4v) is 2.69. The van der Waals surface area contributed by atoms with Crippen LogP contribution in [0.2, 0.25) is 0 Å². The van der Waals surface area contributed by atoms with Crippen molar-refractivity contribution in [2.24, 2.45) is 5.73 Å². The molecule has 3 N–H and O–H groups in total. The molecular formula is C15H17ClF3N3OS. The van der Waals surface area contributed by atoms with E-state index in [0.29, 0.717) is 42.2 Å². The normalized spacial score (nSPS) is 11.0. The molecule has 132 valence electrons. The molecule has 0 bridgehead atoms. The predicted octanol–water partition coefficient (Wildman–Crippen LogP) is 3.61. The van der Waals surface area contributed by atoms with Gasteiger partial charge in [0.2, 0.25) is 5.91 Å². The minimum absolute atomic E-state index is 0. The van der Waals surface area contributed by atoms with Crippen molar-refractivity contribution in [2.75, 3.05) is 6.54 Å². The molecule has 0 saturated carbocycles. The highest BCUT2D eigenvalue weighted by molar-refractivity contribution is 7.13. The van der Waals surface area contributed by atoms with Gasteiger partial charge in [-0.25, -0.2) is 4.98 Å². The van der Waals surface area contributed by atoms with Crippen LogP contribution in [0.4, 0.5) is 13.2 Å². The van der Waals surface area contributed by atoms with Gasteiger partial charge in [-0.3, -0.25) is 4.79 Å². The van der Waals surface area contributed by atoms with E-state index in [4.69, 9.17) is 5.73 Å². The summed E-state index contributed by atoms with van der Waals surface area (Å²) >= 11 is 1.32. The third-order valence-electron chi connectivity index (χ3n) is 3.09. The fraction of sp³-hybridized carbons (Fsp3) is 0.333. The number of nitrogens with one attached hydrogen (secondary N) is 1. The molecule has 1 heterocycles. The SMILES string of the molecule is Cl.NCCCC(=O)NCc1csc(-c2ccc(C(F)(F)F)cc2)n1. The number of rotatable bonds is 6. The van der Waals surface area contributed by atoms with E-state index in [-0.39, 0.29) is 18.3 Å². The van der Waals surface area contributed by atoms with Crippen LogP contribution in [-0.4, -0.2) is 17.4 Å². The molecule has 2 aromatic rings. The van der Waals surface area contributed by atoms with E-state index in [0.717, 1.165) is 12.1 Å². The Kier molecular flexibility index (Phi) is 7.65. The molecule has 0 aliphatic heterocycles. The van der Waals surface area contributed by atoms with Crippen LogP contribution in [0.25, 0.3) is 10.6 Å². The molecule has 1 aromatic heterocycles. The number of carbonyl (C=O) groups excluding carboxylic acids is 1. The van der Waals surface area contributed by atoms with Gasteiger partial charge in [-0.15, -0.1) is 23.7 Å². The van der Waals surface area contributed by atoms with E-state index >= 15 is 0 Å². The lowest BCUT2D eigenvalue weighted by Gasteiger charge is -2.06. The largest absolute Gasteiger partial charge is 0.416 e. The highest BCUT2D eigenvalue weighted by Crippen LogP contribution is 2.31. The molecule has 0 atom stereocenters. The molecule has 0 saturated heterocycles. The quantitative estimate of drug-likeness (QED) is 0.805. The van der Waals surface area contributed by atoms with E-state index in [1.54, 1.807) is 5.38 Å². The van der Waals surface area contributed by atoms with Crippen LogP contribution in [0.15, 0.2) is 29.6 Å². The maximum absolute atomic E-state index is 12.5. The van der Waals surface area contributed by atoms with Gasteiger partial charge in [0.1, 0.15) is 5.01 Å². The van der Waals surface area contributed by atoms with Crippen molar-refractivity contribution in [1.29, 1.82) is 0 Å². The Hall–Kier alpha value is -1.64. The van der Waals surface area contributed by atoms with Gasteiger partial charge in [0, 0.05) is 17.4 Å². The van der Waals surface area contributed by atoms with Gasteiger partial charge in [-0.2, -0.15) is 13.2 Å². The number of nitrogens with zero attached hydrogens (tertiary/aromatic N) is 1. The second-order valence-corrected chi connectivity index (χ2v) is 5.75. The van der Waals surface area contributed by atoms with Crippen molar-refractivity contribution in [3.63, 3.8) is 0 Å². The summed E-state index contributed by atoms with van der Waals surface area (Å²) in [6, 6.07) is 4.85. The van der Waals surface area contributed by atoms with Gasteiger partial charge in [0.15, 0.2) is 0 Å². The number of hydrogen-bond acceptors (Lipinski definition) is 4. The molecule has 24 heavy (non-hydrogen) atoms. The predicted molar refractivity (Wildman–Crippen MR) is 89.9 cm³/mol. The zero-order valence-electron chi connectivity index (χ0n) is 12.6. The average molecular weight is 380 g/mol. The topological polar surface area (TPSA) is 68.0 Å². The second-order valence-electron chi connectivity index (χ2n) is 4.89. The Morgan fingerprint density at radius 2 is 1.92 bits per heavy atom. The lowest BCUT2D eigenvalue weighted by molar-refractivity contribution is -0.137. The summed E-state index contributed by atoms with van der Waals surface area (Å²) < 4.78 is 37.6. The Morgan fingerprint density at radius 3 is 2.50 bits per heavy atom. The molecule has 1 aromatic carbocycles. The van der Waals surface area contributed by atoms with Crippen LogP contribution in [-0.2, 0) is 17.5 Å². The number of thiazole rings is 1. The standard InChI is InChI=1S/C15H16F3N3OS.ClH/c16-15(17,18)11-5-3-10(4-6-11)14-21-12(9-23-14)8-20-13(22)2-1-7-19;/h3-6,9H,1-2,7-8,19H2,(H,20,22);1H. The van der Waals surface area contributed by atoms with Gasteiger partial charge < -0.3 is 11.1 Å². The van der Waals surface area contributed by atoms with E-state index in [2.05, 4.69) is 10.3 Å². The third kappa shape index (κ3) is 5.77. The molecule has 0 fully saturated rings. The highest BCUT2D eigenvalue weighted by atomic mass is 35.5. The van der Waals surface area contributed by atoms with Crippen LogP contribution in [0, 0.1) is 0 Å². The number of alkyl halides is 3.